The van der Waals surface area contributed by atoms with Gasteiger partial charge in [-0.3, -0.25) is 9.78 Å². The summed E-state index contributed by atoms with van der Waals surface area (Å²) >= 11 is 3.43. The number of amides is 1. The van der Waals surface area contributed by atoms with E-state index in [2.05, 4.69) is 31.5 Å². The standard InChI is InChI=1S/C16H18BrN3O/c1-16(2,3)20-15(21)11-7-14(10-18-9-11)19-13-6-4-5-12(17)8-13/h4-10,19H,1-3H3,(H,20,21). The molecule has 0 spiro atoms. The zero-order chi connectivity index (χ0) is 15.5. The molecule has 0 radical (unpaired) electrons. The van der Waals surface area contributed by atoms with Crippen molar-refractivity contribution < 1.29 is 4.79 Å². The molecule has 110 valence electrons. The van der Waals surface area contributed by atoms with E-state index >= 15 is 0 Å². The fourth-order valence-electron chi connectivity index (χ4n) is 1.78. The maximum atomic E-state index is 12.1. The van der Waals surface area contributed by atoms with Crippen LogP contribution in [-0.2, 0) is 0 Å². The van der Waals surface area contributed by atoms with Crippen LogP contribution in [0.1, 0.15) is 31.1 Å². The van der Waals surface area contributed by atoms with Crippen LogP contribution < -0.4 is 10.6 Å². The van der Waals surface area contributed by atoms with Crippen LogP contribution in [-0.4, -0.2) is 16.4 Å². The number of halogens is 1. The number of benzene rings is 1. The number of nitrogens with one attached hydrogen (secondary N) is 2. The molecular weight excluding hydrogens is 330 g/mol. The van der Waals surface area contributed by atoms with Gasteiger partial charge in [0.25, 0.3) is 5.91 Å². The van der Waals surface area contributed by atoms with Gasteiger partial charge in [-0.25, -0.2) is 0 Å². The molecule has 1 aromatic carbocycles. The van der Waals surface area contributed by atoms with Crippen molar-refractivity contribution in [3.05, 3.63) is 52.8 Å². The van der Waals surface area contributed by atoms with E-state index < -0.39 is 0 Å². The van der Waals surface area contributed by atoms with Gasteiger partial charge in [-0.2, -0.15) is 0 Å². The fourth-order valence-corrected chi connectivity index (χ4v) is 2.18. The van der Waals surface area contributed by atoms with E-state index in [-0.39, 0.29) is 11.4 Å². The van der Waals surface area contributed by atoms with Crippen LogP contribution in [0.25, 0.3) is 0 Å². The summed E-state index contributed by atoms with van der Waals surface area (Å²) < 4.78 is 0.988. The van der Waals surface area contributed by atoms with Crippen molar-refractivity contribution in [3.63, 3.8) is 0 Å². The van der Waals surface area contributed by atoms with E-state index in [0.29, 0.717) is 5.56 Å². The Morgan fingerprint density at radius 3 is 2.57 bits per heavy atom. The van der Waals surface area contributed by atoms with Gasteiger partial charge in [-0.05, 0) is 45.0 Å². The summed E-state index contributed by atoms with van der Waals surface area (Å²) in [5.41, 5.74) is 1.96. The minimum Gasteiger partial charge on any atom is -0.354 e. The topological polar surface area (TPSA) is 54.0 Å². The highest BCUT2D eigenvalue weighted by atomic mass is 79.9. The quantitative estimate of drug-likeness (QED) is 0.878. The molecule has 4 nitrogen and oxygen atoms in total. The lowest BCUT2D eigenvalue weighted by atomic mass is 10.1. The van der Waals surface area contributed by atoms with E-state index in [1.54, 1.807) is 18.5 Å². The molecule has 0 aliphatic heterocycles. The number of hydrogen-bond acceptors (Lipinski definition) is 3. The smallest absolute Gasteiger partial charge is 0.253 e. The summed E-state index contributed by atoms with van der Waals surface area (Å²) in [5, 5.41) is 6.15. The molecule has 1 heterocycles. The maximum absolute atomic E-state index is 12.1. The van der Waals surface area contributed by atoms with Crippen LogP contribution in [0.15, 0.2) is 47.2 Å². The molecule has 1 aromatic heterocycles. The number of hydrogen-bond donors (Lipinski definition) is 2. The lowest BCUT2D eigenvalue weighted by Crippen LogP contribution is -2.40. The van der Waals surface area contributed by atoms with Crippen molar-refractivity contribution in [2.24, 2.45) is 0 Å². The molecule has 2 N–H and O–H groups in total. The number of aromatic nitrogens is 1. The third kappa shape index (κ3) is 4.86. The van der Waals surface area contributed by atoms with E-state index in [9.17, 15) is 4.79 Å². The van der Waals surface area contributed by atoms with E-state index in [1.165, 1.54) is 0 Å². The molecule has 0 aliphatic carbocycles. The molecule has 2 aromatic rings. The third-order valence-electron chi connectivity index (χ3n) is 2.60. The second kappa shape index (κ2) is 6.26. The Kier molecular flexibility index (Phi) is 4.63. The number of anilines is 2. The van der Waals surface area contributed by atoms with Gasteiger partial charge >= 0.3 is 0 Å². The Morgan fingerprint density at radius 1 is 1.14 bits per heavy atom. The first-order chi connectivity index (χ1) is 9.83. The average molecular weight is 348 g/mol. The molecule has 0 atom stereocenters. The summed E-state index contributed by atoms with van der Waals surface area (Å²) in [4.78, 5) is 16.3. The van der Waals surface area contributed by atoms with Crippen LogP contribution in [0.3, 0.4) is 0 Å². The normalized spacial score (nSPS) is 11.0. The van der Waals surface area contributed by atoms with Crippen molar-refractivity contribution >= 4 is 33.2 Å². The van der Waals surface area contributed by atoms with Gasteiger partial charge < -0.3 is 10.6 Å². The Balaban J connectivity index is 2.16. The Morgan fingerprint density at radius 2 is 1.90 bits per heavy atom. The van der Waals surface area contributed by atoms with E-state index in [0.717, 1.165) is 15.8 Å². The maximum Gasteiger partial charge on any atom is 0.253 e. The number of nitrogens with zero attached hydrogens (tertiary/aromatic N) is 1. The molecule has 0 bridgehead atoms. The summed E-state index contributed by atoms with van der Waals surface area (Å²) in [6.45, 7) is 5.84. The van der Waals surface area contributed by atoms with Crippen LogP contribution in [0.5, 0.6) is 0 Å². The summed E-state index contributed by atoms with van der Waals surface area (Å²) in [6, 6.07) is 9.59. The average Bonchev–Trinajstić information content (AvgIpc) is 2.37. The number of rotatable bonds is 3. The Hall–Kier alpha value is -1.88. The monoisotopic (exact) mass is 347 g/mol. The molecule has 21 heavy (non-hydrogen) atoms. The van der Waals surface area contributed by atoms with Crippen LogP contribution >= 0.6 is 15.9 Å². The van der Waals surface area contributed by atoms with Gasteiger partial charge in [-0.1, -0.05) is 22.0 Å². The lowest BCUT2D eigenvalue weighted by Gasteiger charge is -2.20. The minimum atomic E-state index is -0.273. The van der Waals surface area contributed by atoms with Gasteiger partial charge in [0.1, 0.15) is 0 Å². The molecule has 0 saturated heterocycles. The molecule has 0 unspecified atom stereocenters. The van der Waals surface area contributed by atoms with E-state index in [4.69, 9.17) is 0 Å². The second-order valence-electron chi connectivity index (χ2n) is 5.80. The summed E-state index contributed by atoms with van der Waals surface area (Å²) in [7, 11) is 0. The van der Waals surface area contributed by atoms with Crippen molar-refractivity contribution in [1.82, 2.24) is 10.3 Å². The van der Waals surface area contributed by atoms with Crippen LogP contribution in [0, 0.1) is 0 Å². The third-order valence-corrected chi connectivity index (χ3v) is 3.10. The second-order valence-corrected chi connectivity index (χ2v) is 6.72. The molecule has 2 rings (SSSR count). The largest absolute Gasteiger partial charge is 0.354 e. The first kappa shape index (κ1) is 15.5. The molecule has 0 fully saturated rings. The van der Waals surface area contributed by atoms with Gasteiger partial charge in [0, 0.05) is 21.9 Å². The Labute approximate surface area is 133 Å². The van der Waals surface area contributed by atoms with Crippen LogP contribution in [0.2, 0.25) is 0 Å². The molecule has 0 saturated carbocycles. The van der Waals surface area contributed by atoms with Gasteiger partial charge in [0.15, 0.2) is 0 Å². The highest BCUT2D eigenvalue weighted by Gasteiger charge is 2.15. The Bertz CT molecular complexity index is 650. The molecule has 0 aliphatic rings. The summed E-state index contributed by atoms with van der Waals surface area (Å²) in [5.74, 6) is -0.132. The van der Waals surface area contributed by atoms with Gasteiger partial charge in [0.05, 0.1) is 17.4 Å². The lowest BCUT2D eigenvalue weighted by molar-refractivity contribution is 0.0919. The minimum absolute atomic E-state index is 0.132. The fraction of sp³-hybridized carbons (Fsp3) is 0.250. The number of carbonyl (C=O) groups is 1. The first-order valence-corrected chi connectivity index (χ1v) is 7.43. The zero-order valence-electron chi connectivity index (χ0n) is 12.3. The predicted molar refractivity (Wildman–Crippen MR) is 88.9 cm³/mol. The van der Waals surface area contributed by atoms with Crippen molar-refractivity contribution in [3.8, 4) is 0 Å². The molecule has 5 heteroatoms. The SMILES string of the molecule is CC(C)(C)NC(=O)c1cncc(Nc2cccc(Br)c2)c1. The van der Waals surface area contributed by atoms with Crippen molar-refractivity contribution in [2.75, 3.05) is 5.32 Å². The number of pyridine rings is 1. The molecule has 1 amide bonds. The summed E-state index contributed by atoms with van der Waals surface area (Å²) in [6.07, 6.45) is 3.25. The molecular formula is C16H18BrN3O. The highest BCUT2D eigenvalue weighted by molar-refractivity contribution is 9.10. The highest BCUT2D eigenvalue weighted by Crippen LogP contribution is 2.20. The zero-order valence-corrected chi connectivity index (χ0v) is 13.9. The van der Waals surface area contributed by atoms with Crippen molar-refractivity contribution in [1.29, 1.82) is 0 Å². The van der Waals surface area contributed by atoms with E-state index in [1.807, 2.05) is 45.0 Å². The first-order valence-electron chi connectivity index (χ1n) is 6.64. The van der Waals surface area contributed by atoms with Crippen molar-refractivity contribution in [2.45, 2.75) is 26.3 Å². The van der Waals surface area contributed by atoms with Gasteiger partial charge in [-0.15, -0.1) is 0 Å². The number of carbonyl (C=O) groups excluding carboxylic acids is 1. The van der Waals surface area contributed by atoms with Gasteiger partial charge in [0.2, 0.25) is 0 Å². The predicted octanol–water partition coefficient (Wildman–Crippen LogP) is 4.12. The van der Waals surface area contributed by atoms with Crippen LogP contribution in [0.4, 0.5) is 11.4 Å².